The van der Waals surface area contributed by atoms with Crippen molar-refractivity contribution in [2.45, 2.75) is 51.4 Å². The van der Waals surface area contributed by atoms with Gasteiger partial charge in [0.15, 0.2) is 0 Å². The van der Waals surface area contributed by atoms with Crippen LogP contribution < -0.4 is 10.6 Å². The van der Waals surface area contributed by atoms with Crippen molar-refractivity contribution in [2.24, 2.45) is 5.41 Å². The molecule has 1 spiro atoms. The number of piperidine rings is 1. The molecule has 3 amide bonds. The normalized spacial score (nSPS) is 19.5. The minimum atomic E-state index is -0.0566. The number of likely N-dealkylation sites (N-methyl/N-ethyl adjacent to an activating group) is 1. The number of amides is 3. The van der Waals surface area contributed by atoms with Gasteiger partial charge < -0.3 is 15.5 Å². The van der Waals surface area contributed by atoms with Gasteiger partial charge in [-0.25, -0.2) is 4.79 Å². The molecular weight excluding hydrogens is 314 g/mol. The summed E-state index contributed by atoms with van der Waals surface area (Å²) in [6.07, 6.45) is 9.25. The van der Waals surface area contributed by atoms with Crippen LogP contribution in [0.25, 0.3) is 0 Å². The summed E-state index contributed by atoms with van der Waals surface area (Å²) in [5.74, 6) is -0.0566. The second-order valence-electron chi connectivity index (χ2n) is 7.48. The number of carbonyl (C=O) groups excluding carboxylic acids is 2. The van der Waals surface area contributed by atoms with E-state index in [9.17, 15) is 9.59 Å². The zero-order valence-electron chi connectivity index (χ0n) is 15.1. The second-order valence-corrected chi connectivity index (χ2v) is 7.48. The summed E-state index contributed by atoms with van der Waals surface area (Å²) in [5.41, 5.74) is 2.07. The maximum absolute atomic E-state index is 12.7. The maximum atomic E-state index is 12.7. The lowest BCUT2D eigenvalue weighted by Gasteiger charge is -2.44. The number of nitrogens with one attached hydrogen (secondary N) is 2. The molecule has 5 heteroatoms. The molecule has 0 bridgehead atoms. The van der Waals surface area contributed by atoms with Crippen LogP contribution in [0.4, 0.5) is 10.5 Å². The van der Waals surface area contributed by atoms with Crippen molar-refractivity contribution in [3.63, 3.8) is 0 Å². The Morgan fingerprint density at radius 1 is 1.04 bits per heavy atom. The van der Waals surface area contributed by atoms with Gasteiger partial charge in [0, 0.05) is 25.8 Å². The molecule has 1 aliphatic carbocycles. The van der Waals surface area contributed by atoms with E-state index in [1.165, 1.54) is 32.1 Å². The van der Waals surface area contributed by atoms with E-state index in [4.69, 9.17) is 0 Å². The molecule has 0 radical (unpaired) electrons. The van der Waals surface area contributed by atoms with Gasteiger partial charge in [0.2, 0.25) is 5.91 Å². The molecule has 1 aromatic rings. The summed E-state index contributed by atoms with van der Waals surface area (Å²) in [6, 6.07) is 7.48. The van der Waals surface area contributed by atoms with Gasteiger partial charge in [-0.15, -0.1) is 0 Å². The molecule has 3 rings (SSSR count). The van der Waals surface area contributed by atoms with Crippen LogP contribution in [0.1, 0.15) is 50.5 Å². The summed E-state index contributed by atoms with van der Waals surface area (Å²) in [6.45, 7) is 1.67. The van der Waals surface area contributed by atoms with Gasteiger partial charge in [0.05, 0.1) is 6.42 Å². The number of carbonyl (C=O) groups is 2. The number of nitrogens with zero attached hydrogens (tertiary/aromatic N) is 1. The third kappa shape index (κ3) is 4.33. The molecule has 5 nitrogen and oxygen atoms in total. The number of rotatable bonds is 3. The molecule has 0 aromatic heterocycles. The van der Waals surface area contributed by atoms with E-state index in [0.29, 0.717) is 5.41 Å². The zero-order valence-corrected chi connectivity index (χ0v) is 15.1. The van der Waals surface area contributed by atoms with Crippen LogP contribution in [-0.4, -0.2) is 37.0 Å². The monoisotopic (exact) mass is 343 g/mol. The first-order chi connectivity index (χ1) is 12.1. The van der Waals surface area contributed by atoms with E-state index in [-0.39, 0.29) is 18.4 Å². The number of para-hydroxylation sites is 1. The van der Waals surface area contributed by atoms with Gasteiger partial charge in [-0.05, 0) is 42.7 Å². The number of hydrogen-bond acceptors (Lipinski definition) is 2. The average Bonchev–Trinajstić information content (AvgIpc) is 2.64. The van der Waals surface area contributed by atoms with E-state index in [1.807, 2.05) is 29.2 Å². The highest BCUT2D eigenvalue weighted by Crippen LogP contribution is 2.44. The summed E-state index contributed by atoms with van der Waals surface area (Å²) in [7, 11) is 1.62. The van der Waals surface area contributed by atoms with Crippen molar-refractivity contribution in [1.82, 2.24) is 10.2 Å². The lowest BCUT2D eigenvalue weighted by atomic mass is 9.68. The van der Waals surface area contributed by atoms with E-state index in [2.05, 4.69) is 10.6 Å². The van der Waals surface area contributed by atoms with Gasteiger partial charge in [-0.1, -0.05) is 37.5 Å². The molecule has 2 fully saturated rings. The van der Waals surface area contributed by atoms with Gasteiger partial charge in [0.25, 0.3) is 0 Å². The summed E-state index contributed by atoms with van der Waals surface area (Å²) < 4.78 is 0. The minimum Gasteiger partial charge on any atom is -0.359 e. The largest absolute Gasteiger partial charge is 0.359 e. The average molecular weight is 343 g/mol. The fourth-order valence-corrected chi connectivity index (χ4v) is 4.24. The van der Waals surface area contributed by atoms with Crippen molar-refractivity contribution in [3.8, 4) is 0 Å². The van der Waals surface area contributed by atoms with Crippen molar-refractivity contribution >= 4 is 17.6 Å². The highest BCUT2D eigenvalue weighted by atomic mass is 16.2. The molecular formula is C20H29N3O2. The van der Waals surface area contributed by atoms with Gasteiger partial charge in [-0.3, -0.25) is 4.79 Å². The molecule has 2 aliphatic rings. The molecule has 0 unspecified atom stereocenters. The molecule has 25 heavy (non-hydrogen) atoms. The van der Waals surface area contributed by atoms with Crippen LogP contribution >= 0.6 is 0 Å². The quantitative estimate of drug-likeness (QED) is 0.881. The Kier molecular flexibility index (Phi) is 5.61. The van der Waals surface area contributed by atoms with Crippen LogP contribution in [0, 0.1) is 5.41 Å². The summed E-state index contributed by atoms with van der Waals surface area (Å²) in [4.78, 5) is 26.2. The molecule has 1 aliphatic heterocycles. The highest BCUT2D eigenvalue weighted by molar-refractivity contribution is 5.91. The Morgan fingerprint density at radius 2 is 1.72 bits per heavy atom. The van der Waals surface area contributed by atoms with Crippen LogP contribution in [-0.2, 0) is 11.2 Å². The molecule has 2 N–H and O–H groups in total. The topological polar surface area (TPSA) is 61.4 Å². The molecule has 1 saturated carbocycles. The molecule has 1 saturated heterocycles. The first kappa shape index (κ1) is 17.8. The fourth-order valence-electron chi connectivity index (χ4n) is 4.24. The molecule has 1 aromatic carbocycles. The lowest BCUT2D eigenvalue weighted by molar-refractivity contribution is -0.119. The Balaban J connectivity index is 1.59. The standard InChI is InChI=1S/C20H29N3O2/c1-21-18(24)15-16-7-3-4-8-17(16)22-19(25)23-13-11-20(12-14-23)9-5-2-6-10-20/h3-4,7-8H,2,5-6,9-15H2,1H3,(H,21,24)(H,22,25). The van der Waals surface area contributed by atoms with Crippen molar-refractivity contribution < 1.29 is 9.59 Å². The van der Waals surface area contributed by atoms with E-state index >= 15 is 0 Å². The minimum absolute atomic E-state index is 0.0463. The van der Waals surface area contributed by atoms with Crippen LogP contribution in [0.5, 0.6) is 0 Å². The Morgan fingerprint density at radius 3 is 2.40 bits per heavy atom. The third-order valence-corrected chi connectivity index (χ3v) is 5.91. The number of anilines is 1. The molecule has 0 atom stereocenters. The Hall–Kier alpha value is -2.04. The van der Waals surface area contributed by atoms with Gasteiger partial charge in [-0.2, -0.15) is 0 Å². The SMILES string of the molecule is CNC(=O)Cc1ccccc1NC(=O)N1CCC2(CCCCC2)CC1. The number of likely N-dealkylation sites (tertiary alicyclic amines) is 1. The number of benzene rings is 1. The fraction of sp³-hybridized carbons (Fsp3) is 0.600. The molecule has 1 heterocycles. The second kappa shape index (κ2) is 7.89. The maximum Gasteiger partial charge on any atom is 0.321 e. The first-order valence-electron chi connectivity index (χ1n) is 9.46. The highest BCUT2D eigenvalue weighted by Gasteiger charge is 2.36. The van der Waals surface area contributed by atoms with Gasteiger partial charge in [0.1, 0.15) is 0 Å². The van der Waals surface area contributed by atoms with Crippen molar-refractivity contribution in [3.05, 3.63) is 29.8 Å². The van der Waals surface area contributed by atoms with Crippen LogP contribution in [0.3, 0.4) is 0 Å². The number of hydrogen-bond donors (Lipinski definition) is 2. The van der Waals surface area contributed by atoms with Gasteiger partial charge >= 0.3 is 6.03 Å². The predicted octanol–water partition coefficient (Wildman–Crippen LogP) is 3.55. The third-order valence-electron chi connectivity index (χ3n) is 5.91. The Bertz CT molecular complexity index is 613. The van der Waals surface area contributed by atoms with Crippen LogP contribution in [0.15, 0.2) is 24.3 Å². The Labute approximate surface area is 150 Å². The predicted molar refractivity (Wildman–Crippen MR) is 99.6 cm³/mol. The van der Waals surface area contributed by atoms with Crippen molar-refractivity contribution in [2.75, 3.05) is 25.5 Å². The molecule has 136 valence electrons. The summed E-state index contributed by atoms with van der Waals surface area (Å²) in [5, 5.41) is 5.64. The smallest absolute Gasteiger partial charge is 0.321 e. The van der Waals surface area contributed by atoms with Crippen LogP contribution in [0.2, 0.25) is 0 Å². The van der Waals surface area contributed by atoms with E-state index < -0.39 is 0 Å². The summed E-state index contributed by atoms with van der Waals surface area (Å²) >= 11 is 0. The van der Waals surface area contributed by atoms with Crippen molar-refractivity contribution in [1.29, 1.82) is 0 Å². The lowest BCUT2D eigenvalue weighted by Crippen LogP contribution is -2.45. The zero-order chi connectivity index (χ0) is 17.7. The van der Waals surface area contributed by atoms with E-state index in [1.54, 1.807) is 7.05 Å². The number of urea groups is 1. The van der Waals surface area contributed by atoms with E-state index in [0.717, 1.165) is 37.2 Å². The first-order valence-corrected chi connectivity index (χ1v) is 9.46.